The zero-order chi connectivity index (χ0) is 17.2. The van der Waals surface area contributed by atoms with E-state index in [0.29, 0.717) is 41.8 Å². The molecule has 0 N–H and O–H groups in total. The van der Waals surface area contributed by atoms with E-state index in [-0.39, 0.29) is 12.3 Å². The molecule has 0 radical (unpaired) electrons. The largest absolute Gasteiger partial charge is 0.340 e. The lowest BCUT2D eigenvalue weighted by atomic mass is 10.1. The van der Waals surface area contributed by atoms with Gasteiger partial charge in [-0.1, -0.05) is 29.3 Å². The second-order valence-electron chi connectivity index (χ2n) is 5.48. The predicted octanol–water partition coefficient (Wildman–Crippen LogP) is 1.49. The Kier molecular flexibility index (Phi) is 5.91. The van der Waals surface area contributed by atoms with Crippen LogP contribution in [0.15, 0.2) is 18.2 Å². The van der Waals surface area contributed by atoms with Gasteiger partial charge >= 0.3 is 0 Å². The van der Waals surface area contributed by atoms with Crippen molar-refractivity contribution in [3.05, 3.63) is 33.8 Å². The summed E-state index contributed by atoms with van der Waals surface area (Å²) in [5.41, 5.74) is 0.712. The number of benzene rings is 1. The SMILES string of the molecule is CN(C)S(=O)(=O)N1CCN(C(=O)Cc2ccc(Cl)cc2Cl)CC1. The smallest absolute Gasteiger partial charge is 0.281 e. The molecule has 1 amide bonds. The van der Waals surface area contributed by atoms with Gasteiger partial charge in [0.15, 0.2) is 0 Å². The van der Waals surface area contributed by atoms with Crippen molar-refractivity contribution in [1.29, 1.82) is 0 Å². The summed E-state index contributed by atoms with van der Waals surface area (Å²) in [6, 6.07) is 5.03. The number of amides is 1. The fourth-order valence-electron chi connectivity index (χ4n) is 2.34. The average Bonchev–Trinajstić information content (AvgIpc) is 2.50. The van der Waals surface area contributed by atoms with Gasteiger partial charge in [-0.25, -0.2) is 0 Å². The highest BCUT2D eigenvalue weighted by Gasteiger charge is 2.30. The predicted molar refractivity (Wildman–Crippen MR) is 90.9 cm³/mol. The number of nitrogens with zero attached hydrogens (tertiary/aromatic N) is 3. The Hall–Kier alpha value is -0.860. The standard InChI is InChI=1S/C14H19Cl2N3O3S/c1-17(2)23(21,22)19-7-5-18(6-8-19)14(20)9-11-3-4-12(15)10-13(11)16/h3-4,10H,5-9H2,1-2H3. The Morgan fingerprint density at radius 3 is 2.30 bits per heavy atom. The van der Waals surface area contributed by atoms with Gasteiger partial charge in [-0.3, -0.25) is 4.79 Å². The van der Waals surface area contributed by atoms with Crippen LogP contribution in [0.3, 0.4) is 0 Å². The first-order valence-corrected chi connectivity index (χ1v) is 9.26. The molecule has 1 aromatic rings. The second kappa shape index (κ2) is 7.36. The molecule has 0 saturated carbocycles. The molecule has 1 aliphatic heterocycles. The lowest BCUT2D eigenvalue weighted by molar-refractivity contribution is -0.131. The van der Waals surface area contributed by atoms with E-state index in [9.17, 15) is 13.2 Å². The second-order valence-corrected chi connectivity index (χ2v) is 8.47. The lowest BCUT2D eigenvalue weighted by Crippen LogP contribution is -2.53. The molecule has 6 nitrogen and oxygen atoms in total. The Morgan fingerprint density at radius 2 is 1.78 bits per heavy atom. The van der Waals surface area contributed by atoms with Crippen LogP contribution < -0.4 is 0 Å². The van der Waals surface area contributed by atoms with Crippen LogP contribution >= 0.6 is 23.2 Å². The average molecular weight is 380 g/mol. The van der Waals surface area contributed by atoms with Gasteiger partial charge in [-0.2, -0.15) is 17.0 Å². The van der Waals surface area contributed by atoms with Gasteiger partial charge in [-0.15, -0.1) is 0 Å². The first-order valence-electron chi connectivity index (χ1n) is 7.11. The summed E-state index contributed by atoms with van der Waals surface area (Å²) < 4.78 is 26.7. The summed E-state index contributed by atoms with van der Waals surface area (Å²) in [5, 5.41) is 0.980. The maximum atomic E-state index is 12.4. The van der Waals surface area contributed by atoms with Gasteiger partial charge in [-0.05, 0) is 17.7 Å². The maximum absolute atomic E-state index is 12.4. The van der Waals surface area contributed by atoms with Crippen molar-refractivity contribution in [3.8, 4) is 0 Å². The molecule has 9 heteroatoms. The van der Waals surface area contributed by atoms with Crippen molar-refractivity contribution in [1.82, 2.24) is 13.5 Å². The fourth-order valence-corrected chi connectivity index (χ4v) is 3.90. The lowest BCUT2D eigenvalue weighted by Gasteiger charge is -2.35. The molecule has 1 aromatic carbocycles. The Balaban J connectivity index is 1.96. The van der Waals surface area contributed by atoms with Crippen LogP contribution in [0.2, 0.25) is 10.0 Å². The monoisotopic (exact) mass is 379 g/mol. The number of carbonyl (C=O) groups excluding carboxylic acids is 1. The summed E-state index contributed by atoms with van der Waals surface area (Å²) in [5.74, 6) is -0.0730. The van der Waals surface area contributed by atoms with Crippen molar-refractivity contribution < 1.29 is 13.2 Å². The molecule has 0 unspecified atom stereocenters. The highest BCUT2D eigenvalue weighted by molar-refractivity contribution is 7.86. The number of rotatable bonds is 4. The van der Waals surface area contributed by atoms with E-state index in [0.717, 1.165) is 0 Å². The molecule has 23 heavy (non-hydrogen) atoms. The van der Waals surface area contributed by atoms with E-state index in [2.05, 4.69) is 0 Å². The number of carbonyl (C=O) groups is 1. The highest BCUT2D eigenvalue weighted by atomic mass is 35.5. The van der Waals surface area contributed by atoms with Crippen molar-refractivity contribution in [2.75, 3.05) is 40.3 Å². The minimum absolute atomic E-state index is 0.0730. The molecule has 1 saturated heterocycles. The molecule has 1 heterocycles. The molecule has 0 spiro atoms. The van der Waals surface area contributed by atoms with Gasteiger partial charge in [0.25, 0.3) is 10.2 Å². The van der Waals surface area contributed by atoms with Crippen LogP contribution in [0.4, 0.5) is 0 Å². The van der Waals surface area contributed by atoms with Crippen molar-refractivity contribution in [2.45, 2.75) is 6.42 Å². The van der Waals surface area contributed by atoms with Crippen LogP contribution in [0.1, 0.15) is 5.56 Å². The summed E-state index contributed by atoms with van der Waals surface area (Å²) in [7, 11) is -0.436. The summed E-state index contributed by atoms with van der Waals surface area (Å²) in [6.45, 7) is 1.33. The van der Waals surface area contributed by atoms with Crippen molar-refractivity contribution >= 4 is 39.3 Å². The van der Waals surface area contributed by atoms with Crippen LogP contribution in [0, 0.1) is 0 Å². The maximum Gasteiger partial charge on any atom is 0.281 e. The van der Waals surface area contributed by atoms with Crippen molar-refractivity contribution in [3.63, 3.8) is 0 Å². The Bertz CT molecular complexity index is 687. The van der Waals surface area contributed by atoms with E-state index in [1.54, 1.807) is 23.1 Å². The minimum Gasteiger partial charge on any atom is -0.340 e. The molecule has 1 fully saturated rings. The van der Waals surface area contributed by atoms with Crippen molar-refractivity contribution in [2.24, 2.45) is 0 Å². The molecular formula is C14H19Cl2N3O3S. The third kappa shape index (κ3) is 4.36. The van der Waals surface area contributed by atoms with E-state index in [1.807, 2.05) is 0 Å². The van der Waals surface area contributed by atoms with Gasteiger partial charge in [0.2, 0.25) is 5.91 Å². The van der Waals surface area contributed by atoms with Crippen LogP contribution in [-0.2, 0) is 21.4 Å². The molecule has 2 rings (SSSR count). The number of halogens is 2. The topological polar surface area (TPSA) is 60.9 Å². The Morgan fingerprint density at radius 1 is 1.17 bits per heavy atom. The van der Waals surface area contributed by atoms with E-state index < -0.39 is 10.2 Å². The third-order valence-corrected chi connectivity index (χ3v) is 6.26. The molecule has 128 valence electrons. The van der Waals surface area contributed by atoms with Crippen LogP contribution in [0.25, 0.3) is 0 Å². The molecule has 0 bridgehead atoms. The zero-order valence-corrected chi connectivity index (χ0v) is 15.3. The Labute approximate surface area is 146 Å². The van der Waals surface area contributed by atoms with Crippen LogP contribution in [-0.4, -0.2) is 68.1 Å². The van der Waals surface area contributed by atoms with E-state index >= 15 is 0 Å². The number of hydrogen-bond acceptors (Lipinski definition) is 3. The van der Waals surface area contributed by atoms with Gasteiger partial charge in [0.05, 0.1) is 6.42 Å². The summed E-state index contributed by atoms with van der Waals surface area (Å²) >= 11 is 11.9. The van der Waals surface area contributed by atoms with Gasteiger partial charge in [0, 0.05) is 50.3 Å². The third-order valence-electron chi connectivity index (χ3n) is 3.74. The molecule has 1 aliphatic rings. The first kappa shape index (κ1) is 18.5. The molecule has 0 aromatic heterocycles. The minimum atomic E-state index is -3.43. The normalized spacial score (nSPS) is 16.8. The van der Waals surface area contributed by atoms with Crippen LogP contribution in [0.5, 0.6) is 0 Å². The zero-order valence-electron chi connectivity index (χ0n) is 13.0. The fraction of sp³-hybridized carbons (Fsp3) is 0.500. The molecular weight excluding hydrogens is 361 g/mol. The van der Waals surface area contributed by atoms with Gasteiger partial charge in [0.1, 0.15) is 0 Å². The van der Waals surface area contributed by atoms with Gasteiger partial charge < -0.3 is 4.90 Å². The first-order chi connectivity index (χ1) is 10.7. The number of piperazine rings is 1. The molecule has 0 atom stereocenters. The summed E-state index contributed by atoms with van der Waals surface area (Å²) in [6.07, 6.45) is 0.177. The quantitative estimate of drug-likeness (QED) is 0.795. The number of hydrogen-bond donors (Lipinski definition) is 0. The summed E-state index contributed by atoms with van der Waals surface area (Å²) in [4.78, 5) is 14.0. The van der Waals surface area contributed by atoms with E-state index in [4.69, 9.17) is 23.2 Å². The van der Waals surface area contributed by atoms with E-state index in [1.165, 1.54) is 22.7 Å². The highest BCUT2D eigenvalue weighted by Crippen LogP contribution is 2.22. The molecule has 0 aliphatic carbocycles.